The number of hydrogen-bond acceptors (Lipinski definition) is 5. The second kappa shape index (κ2) is 5.34. The molecule has 0 aliphatic heterocycles. The summed E-state index contributed by atoms with van der Waals surface area (Å²) in [5, 5.41) is 10.9. The summed E-state index contributed by atoms with van der Waals surface area (Å²) in [5.74, 6) is -0.105. The van der Waals surface area contributed by atoms with E-state index in [1.54, 1.807) is 25.1 Å². The standard InChI is InChI=1S/C13H11NO5/c1-9-4-2-5-10(14(16)17)13(9)19-8-11(15)12-6-3-7-18-12/h2-7H,8H2,1H3. The van der Waals surface area contributed by atoms with Gasteiger partial charge in [0.2, 0.25) is 11.5 Å². The monoisotopic (exact) mass is 261 g/mol. The maximum Gasteiger partial charge on any atom is 0.311 e. The van der Waals surface area contributed by atoms with Gasteiger partial charge in [0.05, 0.1) is 11.2 Å². The molecule has 19 heavy (non-hydrogen) atoms. The predicted molar refractivity (Wildman–Crippen MR) is 66.4 cm³/mol. The number of hydrogen-bond donors (Lipinski definition) is 0. The van der Waals surface area contributed by atoms with Gasteiger partial charge in [0, 0.05) is 6.07 Å². The zero-order valence-electron chi connectivity index (χ0n) is 10.2. The third-order valence-corrected chi connectivity index (χ3v) is 2.53. The van der Waals surface area contributed by atoms with Crippen molar-refractivity contribution in [1.82, 2.24) is 0 Å². The van der Waals surface area contributed by atoms with Gasteiger partial charge in [0.1, 0.15) is 0 Å². The van der Waals surface area contributed by atoms with Crippen LogP contribution in [0.15, 0.2) is 41.0 Å². The van der Waals surface area contributed by atoms with Crippen molar-refractivity contribution in [1.29, 1.82) is 0 Å². The molecule has 0 spiro atoms. The first-order chi connectivity index (χ1) is 9.09. The van der Waals surface area contributed by atoms with Crippen LogP contribution in [0.3, 0.4) is 0 Å². The maximum absolute atomic E-state index is 11.7. The topological polar surface area (TPSA) is 82.6 Å². The molecule has 6 nitrogen and oxygen atoms in total. The number of nitrogens with zero attached hydrogens (tertiary/aromatic N) is 1. The van der Waals surface area contributed by atoms with E-state index in [1.165, 1.54) is 18.4 Å². The van der Waals surface area contributed by atoms with Gasteiger partial charge in [-0.2, -0.15) is 0 Å². The Morgan fingerprint density at radius 1 is 1.37 bits per heavy atom. The molecule has 0 saturated heterocycles. The number of rotatable bonds is 5. The number of aryl methyl sites for hydroxylation is 1. The summed E-state index contributed by atoms with van der Waals surface area (Å²) in [4.78, 5) is 22.0. The van der Waals surface area contributed by atoms with Gasteiger partial charge >= 0.3 is 5.69 Å². The van der Waals surface area contributed by atoms with Crippen molar-refractivity contribution in [3.8, 4) is 5.75 Å². The third kappa shape index (κ3) is 2.79. The quantitative estimate of drug-likeness (QED) is 0.469. The van der Waals surface area contributed by atoms with Crippen LogP contribution in [-0.2, 0) is 0 Å². The summed E-state index contributed by atoms with van der Waals surface area (Å²) in [6.07, 6.45) is 1.38. The summed E-state index contributed by atoms with van der Waals surface area (Å²) in [5.41, 5.74) is 0.439. The molecule has 0 fully saturated rings. The van der Waals surface area contributed by atoms with E-state index in [0.717, 1.165) is 0 Å². The first-order valence-electron chi connectivity index (χ1n) is 5.53. The van der Waals surface area contributed by atoms with Crippen molar-refractivity contribution in [2.75, 3.05) is 6.61 Å². The van der Waals surface area contributed by atoms with Gasteiger partial charge in [0.15, 0.2) is 12.4 Å². The molecule has 0 aliphatic carbocycles. The van der Waals surface area contributed by atoms with Gasteiger partial charge < -0.3 is 9.15 Å². The summed E-state index contributed by atoms with van der Waals surface area (Å²) in [7, 11) is 0. The number of carbonyl (C=O) groups is 1. The van der Waals surface area contributed by atoms with Gasteiger partial charge in [-0.25, -0.2) is 0 Å². The smallest absolute Gasteiger partial charge is 0.311 e. The Labute approximate surface area is 108 Å². The van der Waals surface area contributed by atoms with Crippen LogP contribution in [0, 0.1) is 17.0 Å². The lowest BCUT2D eigenvalue weighted by molar-refractivity contribution is -0.385. The van der Waals surface area contributed by atoms with Crippen LogP contribution in [0.2, 0.25) is 0 Å². The lowest BCUT2D eigenvalue weighted by Crippen LogP contribution is -2.12. The normalized spacial score (nSPS) is 10.2. The van der Waals surface area contributed by atoms with Crippen molar-refractivity contribution in [2.45, 2.75) is 6.92 Å². The highest BCUT2D eigenvalue weighted by Crippen LogP contribution is 2.30. The fourth-order valence-electron chi connectivity index (χ4n) is 1.61. The number of benzene rings is 1. The summed E-state index contributed by atoms with van der Waals surface area (Å²) in [6.45, 7) is 1.37. The highest BCUT2D eigenvalue weighted by molar-refractivity contribution is 5.94. The number of nitro groups is 1. The Kier molecular flexibility index (Phi) is 3.61. The Balaban J connectivity index is 2.16. The van der Waals surface area contributed by atoms with E-state index in [0.29, 0.717) is 5.56 Å². The Bertz CT molecular complexity index is 604. The van der Waals surface area contributed by atoms with Gasteiger partial charge in [-0.15, -0.1) is 0 Å². The number of ketones is 1. The molecule has 2 aromatic rings. The highest BCUT2D eigenvalue weighted by Gasteiger charge is 2.19. The second-order valence-electron chi connectivity index (χ2n) is 3.87. The molecule has 0 unspecified atom stereocenters. The SMILES string of the molecule is Cc1cccc([N+](=O)[O-])c1OCC(=O)c1ccco1. The third-order valence-electron chi connectivity index (χ3n) is 2.53. The van der Waals surface area contributed by atoms with Crippen molar-refractivity contribution in [2.24, 2.45) is 0 Å². The molecule has 0 amide bonds. The number of Topliss-reactive ketones (excluding diaryl/α,β-unsaturated/α-hetero) is 1. The Hall–Kier alpha value is -2.63. The number of para-hydroxylation sites is 1. The lowest BCUT2D eigenvalue weighted by atomic mass is 10.2. The van der Waals surface area contributed by atoms with E-state index in [1.807, 2.05) is 0 Å². The molecule has 6 heteroatoms. The lowest BCUT2D eigenvalue weighted by Gasteiger charge is -2.07. The molecular weight excluding hydrogens is 250 g/mol. The summed E-state index contributed by atoms with van der Waals surface area (Å²) >= 11 is 0. The van der Waals surface area contributed by atoms with Crippen LogP contribution in [0.5, 0.6) is 5.75 Å². The van der Waals surface area contributed by atoms with Crippen LogP contribution in [-0.4, -0.2) is 17.3 Å². The average Bonchev–Trinajstić information content (AvgIpc) is 2.90. The van der Waals surface area contributed by atoms with E-state index >= 15 is 0 Å². The molecule has 0 bridgehead atoms. The van der Waals surface area contributed by atoms with Crippen molar-refractivity contribution < 1.29 is 18.9 Å². The Morgan fingerprint density at radius 2 is 2.16 bits per heavy atom. The van der Waals surface area contributed by atoms with Gasteiger partial charge in [-0.1, -0.05) is 12.1 Å². The molecule has 0 saturated carbocycles. The molecule has 0 atom stereocenters. The minimum atomic E-state index is -0.542. The van der Waals surface area contributed by atoms with Crippen LogP contribution < -0.4 is 4.74 Å². The molecular formula is C13H11NO5. The van der Waals surface area contributed by atoms with Crippen LogP contribution >= 0.6 is 0 Å². The fraction of sp³-hybridized carbons (Fsp3) is 0.154. The van der Waals surface area contributed by atoms with Crippen LogP contribution in [0.4, 0.5) is 5.69 Å². The zero-order valence-corrected chi connectivity index (χ0v) is 10.2. The van der Waals surface area contributed by atoms with Crippen LogP contribution in [0.1, 0.15) is 16.1 Å². The second-order valence-corrected chi connectivity index (χ2v) is 3.87. The minimum Gasteiger partial charge on any atom is -0.478 e. The van der Waals surface area contributed by atoms with Crippen molar-refractivity contribution in [3.05, 3.63) is 58.0 Å². The number of nitro benzene ring substituents is 1. The number of ether oxygens (including phenoxy) is 1. The van der Waals surface area contributed by atoms with Crippen LogP contribution in [0.25, 0.3) is 0 Å². The molecule has 98 valence electrons. The van der Waals surface area contributed by atoms with Gasteiger partial charge in [-0.05, 0) is 24.6 Å². The first-order valence-corrected chi connectivity index (χ1v) is 5.53. The average molecular weight is 261 g/mol. The first kappa shape index (κ1) is 12.8. The highest BCUT2D eigenvalue weighted by atomic mass is 16.6. The van der Waals surface area contributed by atoms with E-state index in [2.05, 4.69) is 0 Å². The largest absolute Gasteiger partial charge is 0.478 e. The molecule has 2 rings (SSSR count). The number of furan rings is 1. The summed E-state index contributed by atoms with van der Waals surface area (Å²) in [6, 6.07) is 7.68. The molecule has 0 radical (unpaired) electrons. The molecule has 0 N–H and O–H groups in total. The summed E-state index contributed by atoms with van der Waals surface area (Å²) < 4.78 is 10.2. The predicted octanol–water partition coefficient (Wildman–Crippen LogP) is 2.76. The van der Waals surface area contributed by atoms with E-state index in [-0.39, 0.29) is 29.6 Å². The molecule has 1 aromatic carbocycles. The minimum absolute atomic E-state index is 0.104. The molecule has 0 aliphatic rings. The fourth-order valence-corrected chi connectivity index (χ4v) is 1.61. The molecule has 1 heterocycles. The van der Waals surface area contributed by atoms with E-state index in [4.69, 9.17) is 9.15 Å². The Morgan fingerprint density at radius 3 is 2.79 bits per heavy atom. The number of carbonyl (C=O) groups excluding carboxylic acids is 1. The maximum atomic E-state index is 11.7. The molecule has 1 aromatic heterocycles. The zero-order chi connectivity index (χ0) is 13.8. The van der Waals surface area contributed by atoms with E-state index in [9.17, 15) is 14.9 Å². The van der Waals surface area contributed by atoms with Crippen molar-refractivity contribution >= 4 is 11.5 Å². The van der Waals surface area contributed by atoms with E-state index < -0.39 is 4.92 Å². The van der Waals surface area contributed by atoms with Gasteiger partial charge in [-0.3, -0.25) is 14.9 Å². The van der Waals surface area contributed by atoms with Gasteiger partial charge in [0.25, 0.3) is 0 Å². The van der Waals surface area contributed by atoms with Crippen molar-refractivity contribution in [3.63, 3.8) is 0 Å².